The lowest BCUT2D eigenvalue weighted by Gasteiger charge is -2.07. The molecule has 2 nitrogen and oxygen atoms in total. The third-order valence-corrected chi connectivity index (χ3v) is 2.42. The van der Waals surface area contributed by atoms with Gasteiger partial charge < -0.3 is 4.74 Å². The zero-order chi connectivity index (χ0) is 11.4. The van der Waals surface area contributed by atoms with Gasteiger partial charge in [0.05, 0.1) is 5.02 Å². The summed E-state index contributed by atoms with van der Waals surface area (Å²) in [5, 5.41) is 0.629. The maximum Gasteiger partial charge on any atom is 0.216 e. The van der Waals surface area contributed by atoms with E-state index >= 15 is 0 Å². The van der Waals surface area contributed by atoms with Crippen molar-refractivity contribution in [2.75, 3.05) is 0 Å². The summed E-state index contributed by atoms with van der Waals surface area (Å²) in [6.07, 6.45) is 1.59. The normalized spacial score (nSPS) is 10.1. The SMILES string of the molecule is Cc1cc(Cl)cnc1OCc1ccccc1. The van der Waals surface area contributed by atoms with Gasteiger partial charge in [0.15, 0.2) is 0 Å². The number of pyridine rings is 1. The van der Waals surface area contributed by atoms with E-state index < -0.39 is 0 Å². The minimum atomic E-state index is 0.524. The van der Waals surface area contributed by atoms with Gasteiger partial charge in [-0.3, -0.25) is 0 Å². The molecule has 0 aliphatic heterocycles. The van der Waals surface area contributed by atoms with Crippen molar-refractivity contribution in [2.45, 2.75) is 13.5 Å². The first kappa shape index (κ1) is 11.0. The van der Waals surface area contributed by atoms with E-state index in [1.807, 2.05) is 43.3 Å². The number of halogens is 1. The second kappa shape index (κ2) is 4.99. The van der Waals surface area contributed by atoms with Crippen molar-refractivity contribution in [3.8, 4) is 5.88 Å². The van der Waals surface area contributed by atoms with Gasteiger partial charge in [0, 0.05) is 11.8 Å². The smallest absolute Gasteiger partial charge is 0.216 e. The Morgan fingerprint density at radius 3 is 2.69 bits per heavy atom. The average molecular weight is 234 g/mol. The Hall–Kier alpha value is -1.54. The van der Waals surface area contributed by atoms with Crippen molar-refractivity contribution in [1.82, 2.24) is 4.98 Å². The Labute approximate surface area is 99.9 Å². The van der Waals surface area contributed by atoms with Crippen LogP contribution in [0.4, 0.5) is 0 Å². The van der Waals surface area contributed by atoms with E-state index in [-0.39, 0.29) is 0 Å². The number of benzene rings is 1. The monoisotopic (exact) mass is 233 g/mol. The minimum Gasteiger partial charge on any atom is -0.473 e. The molecule has 0 unspecified atom stereocenters. The van der Waals surface area contributed by atoms with Gasteiger partial charge in [-0.1, -0.05) is 41.9 Å². The quantitative estimate of drug-likeness (QED) is 0.808. The predicted molar refractivity (Wildman–Crippen MR) is 64.8 cm³/mol. The second-order valence-corrected chi connectivity index (χ2v) is 3.99. The largest absolute Gasteiger partial charge is 0.473 e. The molecule has 0 amide bonds. The van der Waals surface area contributed by atoms with Gasteiger partial charge in [-0.05, 0) is 18.6 Å². The fourth-order valence-electron chi connectivity index (χ4n) is 1.40. The van der Waals surface area contributed by atoms with E-state index in [0.717, 1.165) is 11.1 Å². The zero-order valence-corrected chi connectivity index (χ0v) is 9.74. The predicted octanol–water partition coefficient (Wildman–Crippen LogP) is 3.62. The standard InChI is InChI=1S/C13H12ClNO/c1-10-7-12(14)8-15-13(10)16-9-11-5-3-2-4-6-11/h2-8H,9H2,1H3. The summed E-state index contributed by atoms with van der Waals surface area (Å²) < 4.78 is 5.61. The fourth-order valence-corrected chi connectivity index (χ4v) is 1.62. The average Bonchev–Trinajstić information content (AvgIpc) is 2.29. The van der Waals surface area contributed by atoms with Crippen LogP contribution in [-0.4, -0.2) is 4.98 Å². The van der Waals surface area contributed by atoms with Crippen LogP contribution in [0.1, 0.15) is 11.1 Å². The summed E-state index contributed by atoms with van der Waals surface area (Å²) in [6, 6.07) is 11.8. The molecule has 0 aliphatic rings. The van der Waals surface area contributed by atoms with E-state index in [2.05, 4.69) is 4.98 Å². The van der Waals surface area contributed by atoms with Gasteiger partial charge in [-0.15, -0.1) is 0 Å². The van der Waals surface area contributed by atoms with Crippen molar-refractivity contribution in [3.05, 3.63) is 58.7 Å². The summed E-state index contributed by atoms with van der Waals surface area (Å²) in [5.41, 5.74) is 2.07. The molecule has 0 N–H and O–H groups in total. The molecule has 1 aromatic heterocycles. The summed E-state index contributed by atoms with van der Waals surface area (Å²) in [6.45, 7) is 2.45. The lowest BCUT2D eigenvalue weighted by Crippen LogP contribution is -1.98. The molecule has 0 saturated carbocycles. The van der Waals surface area contributed by atoms with E-state index in [4.69, 9.17) is 16.3 Å². The number of aromatic nitrogens is 1. The lowest BCUT2D eigenvalue weighted by molar-refractivity contribution is 0.291. The first-order valence-electron chi connectivity index (χ1n) is 5.04. The highest BCUT2D eigenvalue weighted by Crippen LogP contribution is 2.19. The van der Waals surface area contributed by atoms with Crippen LogP contribution in [0.3, 0.4) is 0 Å². The van der Waals surface area contributed by atoms with Gasteiger partial charge in [-0.2, -0.15) is 0 Å². The minimum absolute atomic E-state index is 0.524. The number of hydrogen-bond donors (Lipinski definition) is 0. The van der Waals surface area contributed by atoms with Gasteiger partial charge in [-0.25, -0.2) is 4.98 Å². The van der Waals surface area contributed by atoms with E-state index in [9.17, 15) is 0 Å². The van der Waals surface area contributed by atoms with Crippen molar-refractivity contribution >= 4 is 11.6 Å². The molecule has 0 radical (unpaired) electrons. The first-order valence-corrected chi connectivity index (χ1v) is 5.42. The van der Waals surface area contributed by atoms with Crippen LogP contribution < -0.4 is 4.74 Å². The molecule has 1 aromatic carbocycles. The van der Waals surface area contributed by atoms with Gasteiger partial charge in [0.2, 0.25) is 5.88 Å². The molecule has 82 valence electrons. The van der Waals surface area contributed by atoms with E-state index in [1.54, 1.807) is 6.20 Å². The molecule has 0 saturated heterocycles. The maximum atomic E-state index is 5.82. The third kappa shape index (κ3) is 2.74. The zero-order valence-electron chi connectivity index (χ0n) is 8.98. The maximum absolute atomic E-state index is 5.82. The van der Waals surface area contributed by atoms with E-state index in [1.165, 1.54) is 0 Å². The van der Waals surface area contributed by atoms with Crippen LogP contribution in [0.15, 0.2) is 42.6 Å². The van der Waals surface area contributed by atoms with E-state index in [0.29, 0.717) is 17.5 Å². The van der Waals surface area contributed by atoms with Crippen molar-refractivity contribution in [1.29, 1.82) is 0 Å². The van der Waals surface area contributed by atoms with Crippen LogP contribution in [0.25, 0.3) is 0 Å². The van der Waals surface area contributed by atoms with Crippen molar-refractivity contribution in [2.24, 2.45) is 0 Å². The van der Waals surface area contributed by atoms with Crippen LogP contribution in [-0.2, 0) is 6.61 Å². The van der Waals surface area contributed by atoms with Crippen LogP contribution >= 0.6 is 11.6 Å². The van der Waals surface area contributed by atoms with Crippen LogP contribution in [0, 0.1) is 6.92 Å². The Morgan fingerprint density at radius 2 is 2.00 bits per heavy atom. The third-order valence-electron chi connectivity index (χ3n) is 2.22. The first-order chi connectivity index (χ1) is 7.75. The Bertz CT molecular complexity index is 471. The summed E-state index contributed by atoms with van der Waals surface area (Å²) in [4.78, 5) is 4.14. The van der Waals surface area contributed by atoms with Crippen molar-refractivity contribution < 1.29 is 4.74 Å². The van der Waals surface area contributed by atoms with Crippen LogP contribution in [0.2, 0.25) is 5.02 Å². The highest BCUT2D eigenvalue weighted by atomic mass is 35.5. The number of rotatable bonds is 3. The Balaban J connectivity index is 2.05. The number of nitrogens with zero attached hydrogens (tertiary/aromatic N) is 1. The Morgan fingerprint density at radius 1 is 1.25 bits per heavy atom. The lowest BCUT2D eigenvalue weighted by atomic mass is 10.2. The topological polar surface area (TPSA) is 22.1 Å². The number of hydrogen-bond acceptors (Lipinski definition) is 2. The highest BCUT2D eigenvalue weighted by molar-refractivity contribution is 6.30. The Kier molecular flexibility index (Phi) is 3.42. The molecule has 0 bridgehead atoms. The molecular weight excluding hydrogens is 222 g/mol. The summed E-state index contributed by atoms with van der Waals surface area (Å²) in [5.74, 6) is 0.633. The molecule has 16 heavy (non-hydrogen) atoms. The molecule has 3 heteroatoms. The highest BCUT2D eigenvalue weighted by Gasteiger charge is 2.02. The molecule has 0 atom stereocenters. The second-order valence-electron chi connectivity index (χ2n) is 3.55. The molecule has 0 aliphatic carbocycles. The van der Waals surface area contributed by atoms with Gasteiger partial charge >= 0.3 is 0 Å². The van der Waals surface area contributed by atoms with Crippen LogP contribution in [0.5, 0.6) is 5.88 Å². The fraction of sp³-hybridized carbons (Fsp3) is 0.154. The molecular formula is C13H12ClNO. The molecule has 2 aromatic rings. The molecule has 2 rings (SSSR count). The van der Waals surface area contributed by atoms with Gasteiger partial charge in [0.25, 0.3) is 0 Å². The number of aryl methyl sites for hydroxylation is 1. The number of ether oxygens (including phenoxy) is 1. The molecule has 0 spiro atoms. The summed E-state index contributed by atoms with van der Waals surface area (Å²) >= 11 is 5.82. The van der Waals surface area contributed by atoms with Gasteiger partial charge in [0.1, 0.15) is 6.61 Å². The summed E-state index contributed by atoms with van der Waals surface area (Å²) in [7, 11) is 0. The molecule has 0 fully saturated rings. The van der Waals surface area contributed by atoms with Crippen molar-refractivity contribution in [3.63, 3.8) is 0 Å². The molecule has 1 heterocycles.